The van der Waals surface area contributed by atoms with Crippen LogP contribution in [0.1, 0.15) is 68.7 Å². The maximum atomic E-state index is 17.9. The molecule has 1 aliphatic heterocycles. The monoisotopic (exact) mass is 718 g/mol. The molecule has 1 saturated heterocycles. The number of ketones is 1. The zero-order chi connectivity index (χ0) is 37.2. The molecule has 4 aliphatic carbocycles. The highest BCUT2D eigenvalue weighted by Crippen LogP contribution is 2.73. The Hall–Kier alpha value is -3.93. The van der Waals surface area contributed by atoms with Gasteiger partial charge < -0.3 is 29.5 Å². The fraction of sp³-hybridized carbons (Fsp3) is 0.537. The molecule has 11 atom stereocenters. The molecule has 4 fully saturated rings. The molecule has 7 rings (SSSR count). The number of esters is 1. The summed E-state index contributed by atoms with van der Waals surface area (Å²) in [5.74, 6) is -3.18. The summed E-state index contributed by atoms with van der Waals surface area (Å²) in [7, 11) is 3.90. The van der Waals surface area contributed by atoms with E-state index >= 15 is 8.78 Å². The van der Waals surface area contributed by atoms with Gasteiger partial charge in [-0.05, 0) is 74.1 Å². The molecule has 3 saturated carbocycles. The maximum Gasteiger partial charge on any atom is 0.310 e. The summed E-state index contributed by atoms with van der Waals surface area (Å²) in [6.07, 6.45) is -0.153. The molecule has 0 bridgehead atoms. The third-order valence-corrected chi connectivity index (χ3v) is 13.0. The van der Waals surface area contributed by atoms with Gasteiger partial charge in [0.15, 0.2) is 17.7 Å². The summed E-state index contributed by atoms with van der Waals surface area (Å²) in [6, 6.07) is 16.5. The first-order valence-electron chi connectivity index (χ1n) is 18.2. The van der Waals surface area contributed by atoms with Crippen LogP contribution in [-0.2, 0) is 23.8 Å². The molecule has 11 heteroatoms. The van der Waals surface area contributed by atoms with Gasteiger partial charge in [-0.1, -0.05) is 50.3 Å². The smallest absolute Gasteiger partial charge is 0.310 e. The van der Waals surface area contributed by atoms with E-state index in [1.807, 2.05) is 56.3 Å². The summed E-state index contributed by atoms with van der Waals surface area (Å²) in [6.45, 7) is 5.26. The Balaban J connectivity index is 1.15. The van der Waals surface area contributed by atoms with Crippen molar-refractivity contribution in [2.45, 2.75) is 82.4 Å². The highest BCUT2D eigenvalue weighted by atomic mass is 19.1. The normalized spacial score (nSPS) is 37.9. The number of hydrogen-bond donors (Lipinski definition) is 2. The topological polar surface area (TPSA) is 114 Å². The molecule has 0 radical (unpaired) electrons. The van der Waals surface area contributed by atoms with E-state index in [9.17, 15) is 19.5 Å². The minimum Gasteiger partial charge on any atom is -0.465 e. The lowest BCUT2D eigenvalue weighted by molar-refractivity contribution is -0.240. The molecule has 0 spiro atoms. The number of hydrogen-bond acceptors (Lipinski definition) is 8. The minimum absolute atomic E-state index is 0.00567. The summed E-state index contributed by atoms with van der Waals surface area (Å²) in [5.41, 5.74) is -3.41. The number of rotatable bonds is 9. The second-order valence-electron chi connectivity index (χ2n) is 15.9. The summed E-state index contributed by atoms with van der Waals surface area (Å²) in [5, 5.41) is 14.7. The molecule has 1 heterocycles. The maximum absolute atomic E-state index is 17.9. The molecule has 5 aliphatic rings. The van der Waals surface area contributed by atoms with E-state index in [4.69, 9.17) is 14.2 Å². The molecule has 2 aromatic rings. The number of nitrogens with one attached hydrogen (secondary N) is 1. The van der Waals surface area contributed by atoms with Gasteiger partial charge in [-0.3, -0.25) is 14.4 Å². The summed E-state index contributed by atoms with van der Waals surface area (Å²) >= 11 is 0. The Morgan fingerprint density at radius 2 is 1.79 bits per heavy atom. The van der Waals surface area contributed by atoms with Crippen LogP contribution in [0, 0.1) is 28.6 Å². The number of nitrogens with zero attached hydrogens (tertiary/aromatic N) is 1. The van der Waals surface area contributed by atoms with Gasteiger partial charge in [0.2, 0.25) is 0 Å². The molecule has 2 N–H and O–H groups in total. The van der Waals surface area contributed by atoms with Crippen molar-refractivity contribution >= 4 is 23.3 Å². The molecular formula is C41H48F2N2O7. The van der Waals surface area contributed by atoms with Gasteiger partial charge in [-0.25, -0.2) is 8.78 Å². The molecule has 2 unspecified atom stereocenters. The van der Waals surface area contributed by atoms with E-state index in [1.165, 1.54) is 18.2 Å². The predicted molar refractivity (Wildman–Crippen MR) is 190 cm³/mol. The Morgan fingerprint density at radius 1 is 1.08 bits per heavy atom. The number of halogens is 2. The third-order valence-electron chi connectivity index (χ3n) is 13.0. The molecule has 278 valence electrons. The van der Waals surface area contributed by atoms with Crippen LogP contribution in [0.5, 0.6) is 0 Å². The highest BCUT2D eigenvalue weighted by Gasteiger charge is 2.78. The van der Waals surface area contributed by atoms with Crippen molar-refractivity contribution in [1.82, 2.24) is 5.32 Å². The van der Waals surface area contributed by atoms with Gasteiger partial charge >= 0.3 is 5.97 Å². The Kier molecular flexibility index (Phi) is 9.23. The molecule has 1 amide bonds. The fourth-order valence-electron chi connectivity index (χ4n) is 10.1. The highest BCUT2D eigenvalue weighted by molar-refractivity contribution is 6.01. The second kappa shape index (κ2) is 13.2. The quantitative estimate of drug-likeness (QED) is 0.312. The van der Waals surface area contributed by atoms with Crippen molar-refractivity contribution in [3.8, 4) is 0 Å². The molecule has 2 aromatic carbocycles. The largest absolute Gasteiger partial charge is 0.465 e. The number of allylic oxidation sites excluding steroid dienone is 4. The van der Waals surface area contributed by atoms with Gasteiger partial charge in [0, 0.05) is 60.6 Å². The van der Waals surface area contributed by atoms with E-state index < -0.39 is 76.3 Å². The lowest BCUT2D eigenvalue weighted by Gasteiger charge is -2.63. The number of aliphatic hydroxyl groups excluding tert-OH is 1. The van der Waals surface area contributed by atoms with Gasteiger partial charge in [-0.2, -0.15) is 0 Å². The van der Waals surface area contributed by atoms with Gasteiger partial charge in [-0.15, -0.1) is 0 Å². The average Bonchev–Trinajstić information content (AvgIpc) is 3.61. The number of ether oxygens (including phenoxy) is 3. The minimum atomic E-state index is -2.24. The first-order valence-corrected chi connectivity index (χ1v) is 18.2. The average molecular weight is 719 g/mol. The number of amides is 1. The van der Waals surface area contributed by atoms with Crippen LogP contribution in [0.3, 0.4) is 0 Å². The first-order chi connectivity index (χ1) is 24.6. The van der Waals surface area contributed by atoms with Gasteiger partial charge in [0.1, 0.15) is 11.8 Å². The van der Waals surface area contributed by atoms with Crippen molar-refractivity contribution < 1.29 is 42.5 Å². The van der Waals surface area contributed by atoms with Crippen LogP contribution < -0.4 is 10.2 Å². The zero-order valence-electron chi connectivity index (χ0n) is 30.3. The lowest BCUT2D eigenvalue weighted by Crippen LogP contribution is -2.69. The van der Waals surface area contributed by atoms with E-state index in [-0.39, 0.29) is 43.9 Å². The van der Waals surface area contributed by atoms with Crippen molar-refractivity contribution in [2.75, 3.05) is 32.1 Å². The predicted octanol–water partition coefficient (Wildman–Crippen LogP) is 5.83. The number of anilines is 1. The van der Waals surface area contributed by atoms with E-state index in [2.05, 4.69) is 5.32 Å². The molecule has 0 aromatic heterocycles. The van der Waals surface area contributed by atoms with Crippen LogP contribution in [-0.4, -0.2) is 79.7 Å². The second-order valence-corrected chi connectivity index (χ2v) is 15.9. The zero-order valence-corrected chi connectivity index (χ0v) is 30.3. The fourth-order valence-corrected chi connectivity index (χ4v) is 10.1. The van der Waals surface area contributed by atoms with Gasteiger partial charge in [0.05, 0.1) is 24.7 Å². The molecule has 52 heavy (non-hydrogen) atoms. The van der Waals surface area contributed by atoms with Crippen LogP contribution in [0.15, 0.2) is 78.4 Å². The number of benzene rings is 2. The van der Waals surface area contributed by atoms with Crippen LogP contribution >= 0.6 is 0 Å². The van der Waals surface area contributed by atoms with E-state index in [0.717, 1.165) is 11.3 Å². The number of alkyl halides is 2. The van der Waals surface area contributed by atoms with E-state index in [0.29, 0.717) is 12.0 Å². The standard InChI is InChI=1S/C41H48F2N2O7/c1-24(23-44-35(48)25-9-7-6-8-10-25)36(49)50-18-17-40-34(51-37(52-40)26-11-13-27(14-12-26)45(4)5)21-29-30-20-32(42)31-19-28(46)15-16-38(31,2)41(30,43)33(47)22-39(29,40)3/h6-16,19,24,29-30,32-34,37,47H,17-18,20-23H2,1-5H3,(H,44,48)/t24?,29-,30-,32-,33-,34+,37?,38-,39-,40+,41-/m0/s1. The molecular weight excluding hydrogens is 670 g/mol. The molecule has 9 nitrogen and oxygen atoms in total. The van der Waals surface area contributed by atoms with Crippen molar-refractivity contribution in [1.29, 1.82) is 0 Å². The first kappa shape index (κ1) is 36.4. The number of aliphatic hydroxyl groups is 1. The Bertz CT molecular complexity index is 1780. The van der Waals surface area contributed by atoms with Crippen LogP contribution in [0.25, 0.3) is 0 Å². The summed E-state index contributed by atoms with van der Waals surface area (Å²) in [4.78, 5) is 40.0. The van der Waals surface area contributed by atoms with Crippen LogP contribution in [0.4, 0.5) is 14.5 Å². The Morgan fingerprint density at radius 3 is 2.48 bits per heavy atom. The lowest BCUT2D eigenvalue weighted by atomic mass is 9.44. The van der Waals surface area contributed by atoms with Crippen molar-refractivity contribution in [2.24, 2.45) is 28.6 Å². The Labute approximate surface area is 303 Å². The van der Waals surface area contributed by atoms with Crippen LogP contribution in [0.2, 0.25) is 0 Å². The van der Waals surface area contributed by atoms with E-state index in [1.54, 1.807) is 38.1 Å². The van der Waals surface area contributed by atoms with Crippen molar-refractivity contribution in [3.05, 3.63) is 89.5 Å². The van der Waals surface area contributed by atoms with Crippen molar-refractivity contribution in [3.63, 3.8) is 0 Å². The SMILES string of the molecule is CC(CNC(=O)c1ccccc1)C(=O)OCC[C@@]12OC(c3ccc(N(C)C)cc3)O[C@@H]1C[C@H]1[C@@H]3C[C@H](F)C4=CC(=O)C=C[C@]4(C)[C@@]3(F)[C@@H](O)C[C@@]12C. The number of fused-ring (bicyclic) bond motifs is 7. The summed E-state index contributed by atoms with van der Waals surface area (Å²) < 4.78 is 53.4. The third kappa shape index (κ3) is 5.53. The van der Waals surface area contributed by atoms with Gasteiger partial charge in [0.25, 0.3) is 5.91 Å². The number of carbonyl (C=O) groups is 3. The number of carbonyl (C=O) groups excluding carboxylic acids is 3.